The second kappa shape index (κ2) is 4.18. The molecule has 0 aliphatic rings. The van der Waals surface area contributed by atoms with Crippen molar-refractivity contribution < 1.29 is 5.11 Å². The van der Waals surface area contributed by atoms with Crippen LogP contribution >= 0.6 is 0 Å². The Bertz CT molecular complexity index is 435. The van der Waals surface area contributed by atoms with Gasteiger partial charge in [0, 0.05) is 11.9 Å². The van der Waals surface area contributed by atoms with Crippen LogP contribution in [0.3, 0.4) is 0 Å². The zero-order valence-electron chi connectivity index (χ0n) is 8.46. The van der Waals surface area contributed by atoms with Crippen molar-refractivity contribution in [3.63, 3.8) is 0 Å². The zero-order chi connectivity index (χ0) is 10.7. The topological polar surface area (TPSA) is 63.8 Å². The Hall–Kier alpha value is -1.75. The molecule has 15 heavy (non-hydrogen) atoms. The van der Waals surface area contributed by atoms with E-state index in [1.165, 1.54) is 0 Å². The van der Waals surface area contributed by atoms with Crippen molar-refractivity contribution in [3.8, 4) is 0 Å². The summed E-state index contributed by atoms with van der Waals surface area (Å²) >= 11 is 0. The summed E-state index contributed by atoms with van der Waals surface area (Å²) in [6.45, 7) is 2.48. The predicted molar refractivity (Wildman–Crippen MR) is 54.0 cm³/mol. The molecule has 0 saturated carbocycles. The van der Waals surface area contributed by atoms with E-state index in [0.29, 0.717) is 12.4 Å². The minimum absolute atomic E-state index is 0.0979. The molecule has 0 atom stereocenters. The summed E-state index contributed by atoms with van der Waals surface area (Å²) in [6, 6.07) is 3.96. The van der Waals surface area contributed by atoms with E-state index in [2.05, 4.69) is 15.2 Å². The van der Waals surface area contributed by atoms with Crippen molar-refractivity contribution in [1.29, 1.82) is 0 Å². The van der Waals surface area contributed by atoms with Crippen molar-refractivity contribution in [3.05, 3.63) is 41.7 Å². The molecule has 0 bridgehead atoms. The molecule has 0 fully saturated rings. The van der Waals surface area contributed by atoms with Crippen LogP contribution in [0.15, 0.2) is 24.7 Å². The Morgan fingerprint density at radius 1 is 1.40 bits per heavy atom. The highest BCUT2D eigenvalue weighted by Gasteiger charge is 2.02. The van der Waals surface area contributed by atoms with Crippen LogP contribution in [-0.2, 0) is 13.2 Å². The molecule has 2 aromatic rings. The SMILES string of the molecule is Cc1ccc(Cn2cnnc2CO)cn1. The van der Waals surface area contributed by atoms with Gasteiger partial charge in [0.15, 0.2) is 5.82 Å². The third kappa shape index (κ3) is 2.19. The summed E-state index contributed by atoms with van der Waals surface area (Å²) in [7, 11) is 0. The summed E-state index contributed by atoms with van der Waals surface area (Å²) < 4.78 is 1.80. The van der Waals surface area contributed by atoms with Crippen molar-refractivity contribution in [2.45, 2.75) is 20.1 Å². The molecule has 0 aliphatic carbocycles. The molecular formula is C10H12N4O. The maximum absolute atomic E-state index is 8.99. The van der Waals surface area contributed by atoms with Crippen LogP contribution in [0.1, 0.15) is 17.1 Å². The van der Waals surface area contributed by atoms with E-state index < -0.39 is 0 Å². The van der Waals surface area contributed by atoms with Gasteiger partial charge in [0.05, 0.1) is 6.54 Å². The molecule has 0 aliphatic heterocycles. The van der Waals surface area contributed by atoms with E-state index in [9.17, 15) is 0 Å². The largest absolute Gasteiger partial charge is 0.388 e. The highest BCUT2D eigenvalue weighted by atomic mass is 16.3. The second-order valence-electron chi connectivity index (χ2n) is 3.34. The average molecular weight is 204 g/mol. The average Bonchev–Trinajstić information content (AvgIpc) is 2.69. The molecule has 0 amide bonds. The number of aliphatic hydroxyl groups excluding tert-OH is 1. The molecule has 2 rings (SSSR count). The van der Waals surface area contributed by atoms with Gasteiger partial charge in [0.25, 0.3) is 0 Å². The number of aryl methyl sites for hydroxylation is 1. The Kier molecular flexibility index (Phi) is 2.73. The van der Waals surface area contributed by atoms with Gasteiger partial charge in [0.2, 0.25) is 0 Å². The van der Waals surface area contributed by atoms with Gasteiger partial charge in [-0.25, -0.2) is 0 Å². The minimum atomic E-state index is -0.0979. The lowest BCUT2D eigenvalue weighted by Gasteiger charge is -2.04. The first-order chi connectivity index (χ1) is 7.29. The van der Waals surface area contributed by atoms with E-state index in [-0.39, 0.29) is 6.61 Å². The van der Waals surface area contributed by atoms with Gasteiger partial charge < -0.3 is 9.67 Å². The molecule has 0 unspecified atom stereocenters. The highest BCUT2D eigenvalue weighted by Crippen LogP contribution is 2.04. The fourth-order valence-corrected chi connectivity index (χ4v) is 1.32. The number of hydrogen-bond acceptors (Lipinski definition) is 4. The molecule has 2 aromatic heterocycles. The first kappa shape index (κ1) is 9.79. The van der Waals surface area contributed by atoms with E-state index in [0.717, 1.165) is 11.3 Å². The Morgan fingerprint density at radius 3 is 2.93 bits per heavy atom. The van der Waals surface area contributed by atoms with Gasteiger partial charge in [0.1, 0.15) is 12.9 Å². The first-order valence-electron chi connectivity index (χ1n) is 4.68. The molecule has 0 saturated heterocycles. The molecule has 5 heteroatoms. The van der Waals surface area contributed by atoms with Crippen LogP contribution in [0.2, 0.25) is 0 Å². The van der Waals surface area contributed by atoms with Crippen LogP contribution < -0.4 is 0 Å². The van der Waals surface area contributed by atoms with Crippen molar-refractivity contribution in [2.24, 2.45) is 0 Å². The number of nitrogens with zero attached hydrogens (tertiary/aromatic N) is 4. The lowest BCUT2D eigenvalue weighted by atomic mass is 10.2. The van der Waals surface area contributed by atoms with Crippen LogP contribution in [-0.4, -0.2) is 24.9 Å². The van der Waals surface area contributed by atoms with Crippen LogP contribution in [0.4, 0.5) is 0 Å². The van der Waals surface area contributed by atoms with E-state index in [4.69, 9.17) is 5.11 Å². The highest BCUT2D eigenvalue weighted by molar-refractivity contribution is 5.13. The lowest BCUT2D eigenvalue weighted by molar-refractivity contribution is 0.265. The van der Waals surface area contributed by atoms with Gasteiger partial charge >= 0.3 is 0 Å². The Labute approximate surface area is 87.4 Å². The van der Waals surface area contributed by atoms with Crippen molar-refractivity contribution in [1.82, 2.24) is 19.7 Å². The summed E-state index contributed by atoms with van der Waals surface area (Å²) in [5.41, 5.74) is 2.06. The monoisotopic (exact) mass is 204 g/mol. The molecule has 0 spiro atoms. The third-order valence-corrected chi connectivity index (χ3v) is 2.16. The van der Waals surface area contributed by atoms with E-state index in [1.807, 2.05) is 25.3 Å². The van der Waals surface area contributed by atoms with Crippen molar-refractivity contribution >= 4 is 0 Å². The normalized spacial score (nSPS) is 10.5. The fraction of sp³-hybridized carbons (Fsp3) is 0.300. The molecule has 5 nitrogen and oxygen atoms in total. The zero-order valence-corrected chi connectivity index (χ0v) is 8.46. The van der Waals surface area contributed by atoms with E-state index >= 15 is 0 Å². The number of rotatable bonds is 3. The molecular weight excluding hydrogens is 192 g/mol. The smallest absolute Gasteiger partial charge is 0.158 e. The minimum Gasteiger partial charge on any atom is -0.388 e. The molecule has 1 N–H and O–H groups in total. The summed E-state index contributed by atoms with van der Waals surface area (Å²) in [5, 5.41) is 16.5. The lowest BCUT2D eigenvalue weighted by Crippen LogP contribution is -2.04. The molecule has 0 aromatic carbocycles. The van der Waals surface area contributed by atoms with Crippen LogP contribution in [0.5, 0.6) is 0 Å². The maximum Gasteiger partial charge on any atom is 0.158 e. The predicted octanol–water partition coefficient (Wildman–Crippen LogP) is 0.522. The number of hydrogen-bond donors (Lipinski definition) is 1. The molecule has 78 valence electrons. The maximum atomic E-state index is 8.99. The van der Waals surface area contributed by atoms with Gasteiger partial charge in [-0.15, -0.1) is 10.2 Å². The molecule has 0 radical (unpaired) electrons. The number of aromatic nitrogens is 4. The number of pyridine rings is 1. The van der Waals surface area contributed by atoms with Crippen molar-refractivity contribution in [2.75, 3.05) is 0 Å². The van der Waals surface area contributed by atoms with E-state index in [1.54, 1.807) is 10.9 Å². The Morgan fingerprint density at radius 2 is 2.27 bits per heavy atom. The van der Waals surface area contributed by atoms with Gasteiger partial charge in [-0.2, -0.15) is 0 Å². The second-order valence-corrected chi connectivity index (χ2v) is 3.34. The Balaban J connectivity index is 2.18. The molecule has 2 heterocycles. The third-order valence-electron chi connectivity index (χ3n) is 2.16. The van der Waals surface area contributed by atoms with Gasteiger partial charge in [-0.3, -0.25) is 4.98 Å². The van der Waals surface area contributed by atoms with Gasteiger partial charge in [-0.05, 0) is 18.6 Å². The first-order valence-corrected chi connectivity index (χ1v) is 4.68. The van der Waals surface area contributed by atoms with Crippen LogP contribution in [0, 0.1) is 6.92 Å². The summed E-state index contributed by atoms with van der Waals surface area (Å²) in [4.78, 5) is 4.20. The quantitative estimate of drug-likeness (QED) is 0.791. The number of aliphatic hydroxyl groups is 1. The van der Waals surface area contributed by atoms with Crippen LogP contribution in [0.25, 0.3) is 0 Å². The van der Waals surface area contributed by atoms with Gasteiger partial charge in [-0.1, -0.05) is 6.07 Å². The summed E-state index contributed by atoms with van der Waals surface area (Å²) in [5.74, 6) is 0.565. The summed E-state index contributed by atoms with van der Waals surface area (Å²) in [6.07, 6.45) is 3.42. The fourth-order valence-electron chi connectivity index (χ4n) is 1.32. The standard InChI is InChI=1S/C10H12N4O/c1-8-2-3-9(4-11-8)5-14-7-12-13-10(14)6-15/h2-4,7,15H,5-6H2,1H3.